The highest BCUT2D eigenvalue weighted by atomic mass is 32.2. The number of para-hydroxylation sites is 2. The topological polar surface area (TPSA) is 32.3 Å². The average molecular weight is 387 g/mol. The van der Waals surface area contributed by atoms with Crippen LogP contribution in [0.15, 0.2) is 77.7 Å². The van der Waals surface area contributed by atoms with E-state index in [1.807, 2.05) is 30.3 Å². The Balaban J connectivity index is 1.32. The smallest absolute Gasteiger partial charge is 0.238 e. The monoisotopic (exact) mass is 386 g/mol. The van der Waals surface area contributed by atoms with Gasteiger partial charge in [-0.1, -0.05) is 54.6 Å². The lowest BCUT2D eigenvalue weighted by Gasteiger charge is -2.22. The third kappa shape index (κ3) is 3.29. The lowest BCUT2D eigenvalue weighted by molar-refractivity contribution is -0.115. The number of carbonyl (C=O) groups is 1. The Morgan fingerprint density at radius 3 is 2.61 bits per heavy atom. The maximum atomic E-state index is 12.9. The molecule has 0 fully saturated rings. The van der Waals surface area contributed by atoms with Crippen LogP contribution in [0.2, 0.25) is 0 Å². The maximum Gasteiger partial charge on any atom is 0.238 e. The van der Waals surface area contributed by atoms with Crippen LogP contribution in [-0.2, 0) is 24.2 Å². The molecule has 140 valence electrons. The Hall–Kier alpha value is -2.72. The van der Waals surface area contributed by atoms with E-state index in [9.17, 15) is 4.79 Å². The van der Waals surface area contributed by atoms with Gasteiger partial charge in [0.05, 0.1) is 5.25 Å². The number of rotatable bonds is 4. The Morgan fingerprint density at radius 2 is 1.71 bits per heavy atom. The summed E-state index contributed by atoms with van der Waals surface area (Å²) in [4.78, 5) is 16.6. The van der Waals surface area contributed by atoms with E-state index in [1.165, 1.54) is 21.7 Å². The van der Waals surface area contributed by atoms with Crippen molar-refractivity contribution < 1.29 is 4.79 Å². The molecule has 1 amide bonds. The van der Waals surface area contributed by atoms with Gasteiger partial charge in [-0.15, -0.1) is 11.8 Å². The molecule has 0 radical (unpaired) electrons. The molecule has 3 aromatic carbocycles. The molecule has 3 nitrogen and oxygen atoms in total. The molecule has 5 rings (SSSR count). The van der Waals surface area contributed by atoms with Crippen LogP contribution in [0.5, 0.6) is 0 Å². The standard InChI is InChI=1S/C24H22N2OS/c27-24(23-15-18-8-3-6-12-22(18)28-23)25-20-10-4-1-9-19(20)16-26-14-13-17-7-2-5-11-21(17)26/h1-12,23H,13-16H2,(H,25,27). The summed E-state index contributed by atoms with van der Waals surface area (Å²) in [7, 11) is 0. The first-order chi connectivity index (χ1) is 13.8. The molecule has 1 N–H and O–H groups in total. The van der Waals surface area contributed by atoms with E-state index >= 15 is 0 Å². The first-order valence-corrected chi connectivity index (χ1v) is 10.6. The molecule has 3 aromatic rings. The van der Waals surface area contributed by atoms with E-state index in [1.54, 1.807) is 11.8 Å². The average Bonchev–Trinajstić information content (AvgIpc) is 3.34. The van der Waals surface area contributed by atoms with Gasteiger partial charge in [0.2, 0.25) is 5.91 Å². The number of nitrogens with one attached hydrogen (secondary N) is 1. The highest BCUT2D eigenvalue weighted by molar-refractivity contribution is 8.01. The summed E-state index contributed by atoms with van der Waals surface area (Å²) in [5.74, 6) is 0.0930. The van der Waals surface area contributed by atoms with Gasteiger partial charge in [0, 0.05) is 29.4 Å². The fourth-order valence-corrected chi connectivity index (χ4v) is 5.29. The van der Waals surface area contributed by atoms with Gasteiger partial charge in [0.15, 0.2) is 0 Å². The normalized spacial score (nSPS) is 17.3. The minimum Gasteiger partial charge on any atom is -0.367 e. The molecule has 0 saturated carbocycles. The van der Waals surface area contributed by atoms with Crippen molar-refractivity contribution in [1.82, 2.24) is 0 Å². The van der Waals surface area contributed by atoms with E-state index in [0.29, 0.717) is 0 Å². The second kappa shape index (κ2) is 7.36. The lowest BCUT2D eigenvalue weighted by atomic mass is 10.1. The summed E-state index contributed by atoms with van der Waals surface area (Å²) in [6.45, 7) is 1.83. The number of hydrogen-bond acceptors (Lipinski definition) is 3. The molecular weight excluding hydrogens is 364 g/mol. The summed E-state index contributed by atoms with van der Waals surface area (Å²) in [5, 5.41) is 3.14. The van der Waals surface area contributed by atoms with Crippen molar-refractivity contribution in [3.8, 4) is 0 Å². The van der Waals surface area contributed by atoms with Crippen LogP contribution in [0.25, 0.3) is 0 Å². The van der Waals surface area contributed by atoms with Crippen LogP contribution in [0.3, 0.4) is 0 Å². The third-order valence-electron chi connectivity index (χ3n) is 5.56. The summed E-state index contributed by atoms with van der Waals surface area (Å²) in [5.41, 5.74) is 6.07. The van der Waals surface area contributed by atoms with E-state index in [4.69, 9.17) is 0 Å². The van der Waals surface area contributed by atoms with Crippen LogP contribution in [-0.4, -0.2) is 17.7 Å². The zero-order valence-corrected chi connectivity index (χ0v) is 16.4. The first kappa shape index (κ1) is 17.4. The number of carbonyl (C=O) groups excluding carboxylic acids is 1. The van der Waals surface area contributed by atoms with Crippen molar-refractivity contribution in [2.75, 3.05) is 16.8 Å². The van der Waals surface area contributed by atoms with Crippen molar-refractivity contribution in [2.45, 2.75) is 29.5 Å². The Labute approximate surface area is 169 Å². The number of thioether (sulfide) groups is 1. The molecule has 1 unspecified atom stereocenters. The number of fused-ring (bicyclic) bond motifs is 2. The second-order valence-electron chi connectivity index (χ2n) is 7.37. The highest BCUT2D eigenvalue weighted by Gasteiger charge is 2.28. The quantitative estimate of drug-likeness (QED) is 0.692. The molecule has 0 saturated heterocycles. The zero-order valence-electron chi connectivity index (χ0n) is 15.6. The minimum absolute atomic E-state index is 0.0574. The van der Waals surface area contributed by atoms with Crippen molar-refractivity contribution in [3.05, 3.63) is 89.5 Å². The van der Waals surface area contributed by atoms with Crippen LogP contribution in [0, 0.1) is 0 Å². The lowest BCUT2D eigenvalue weighted by Crippen LogP contribution is -2.26. The Morgan fingerprint density at radius 1 is 0.964 bits per heavy atom. The fraction of sp³-hybridized carbons (Fsp3) is 0.208. The molecule has 2 aliphatic heterocycles. The number of amides is 1. The number of hydrogen-bond donors (Lipinski definition) is 1. The van der Waals surface area contributed by atoms with E-state index in [0.717, 1.165) is 37.2 Å². The molecular formula is C24H22N2OS. The van der Waals surface area contributed by atoms with Gasteiger partial charge in [0.25, 0.3) is 0 Å². The van der Waals surface area contributed by atoms with E-state index in [2.05, 4.69) is 52.7 Å². The van der Waals surface area contributed by atoms with Crippen LogP contribution < -0.4 is 10.2 Å². The Bertz CT molecular complexity index is 1010. The predicted molar refractivity (Wildman–Crippen MR) is 116 cm³/mol. The fourth-order valence-electron chi connectivity index (χ4n) is 4.10. The van der Waals surface area contributed by atoms with Crippen LogP contribution in [0.4, 0.5) is 11.4 Å². The van der Waals surface area contributed by atoms with Crippen molar-refractivity contribution >= 4 is 29.0 Å². The van der Waals surface area contributed by atoms with Gasteiger partial charge in [-0.25, -0.2) is 0 Å². The van der Waals surface area contributed by atoms with Crippen molar-refractivity contribution in [1.29, 1.82) is 0 Å². The summed E-state index contributed by atoms with van der Waals surface area (Å²) in [6.07, 6.45) is 1.88. The van der Waals surface area contributed by atoms with Gasteiger partial charge in [-0.2, -0.15) is 0 Å². The van der Waals surface area contributed by atoms with Crippen molar-refractivity contribution in [3.63, 3.8) is 0 Å². The van der Waals surface area contributed by atoms with E-state index in [-0.39, 0.29) is 11.2 Å². The predicted octanol–water partition coefficient (Wildman–Crippen LogP) is 4.90. The molecule has 1 atom stereocenters. The number of nitrogens with zero attached hydrogens (tertiary/aromatic N) is 1. The first-order valence-electron chi connectivity index (χ1n) is 9.74. The largest absolute Gasteiger partial charge is 0.367 e. The molecule has 2 heterocycles. The van der Waals surface area contributed by atoms with Gasteiger partial charge in [-0.05, 0) is 47.7 Å². The molecule has 2 aliphatic rings. The van der Waals surface area contributed by atoms with Crippen LogP contribution in [0.1, 0.15) is 16.7 Å². The number of anilines is 2. The van der Waals surface area contributed by atoms with E-state index < -0.39 is 0 Å². The minimum atomic E-state index is -0.0574. The van der Waals surface area contributed by atoms with Crippen LogP contribution >= 0.6 is 11.8 Å². The molecule has 0 aliphatic carbocycles. The highest BCUT2D eigenvalue weighted by Crippen LogP contribution is 2.37. The second-order valence-corrected chi connectivity index (χ2v) is 8.61. The molecule has 4 heteroatoms. The maximum absolute atomic E-state index is 12.9. The van der Waals surface area contributed by atoms with Gasteiger partial charge < -0.3 is 10.2 Å². The summed E-state index contributed by atoms with van der Waals surface area (Å²) < 4.78 is 0. The molecule has 28 heavy (non-hydrogen) atoms. The third-order valence-corrected chi connectivity index (χ3v) is 6.88. The van der Waals surface area contributed by atoms with Gasteiger partial charge in [0.1, 0.15) is 0 Å². The zero-order chi connectivity index (χ0) is 18.9. The Kier molecular flexibility index (Phi) is 4.57. The van der Waals surface area contributed by atoms with Gasteiger partial charge in [-0.3, -0.25) is 4.79 Å². The number of benzene rings is 3. The van der Waals surface area contributed by atoms with Crippen molar-refractivity contribution in [2.24, 2.45) is 0 Å². The summed E-state index contributed by atoms with van der Waals surface area (Å²) in [6, 6.07) is 25.1. The molecule has 0 bridgehead atoms. The van der Waals surface area contributed by atoms with Gasteiger partial charge >= 0.3 is 0 Å². The molecule has 0 aromatic heterocycles. The SMILES string of the molecule is O=C(Nc1ccccc1CN1CCc2ccccc21)C1Cc2ccccc2S1. The molecule has 0 spiro atoms. The summed E-state index contributed by atoms with van der Waals surface area (Å²) >= 11 is 1.67.